The Hall–Kier alpha value is 0.150. The maximum absolute atomic E-state index is 9.47. The molecule has 0 spiro atoms. The molecule has 0 aromatic heterocycles. The van der Waals surface area contributed by atoms with Crippen molar-refractivity contribution in [1.82, 2.24) is 0 Å². The molecule has 6 heteroatoms. The van der Waals surface area contributed by atoms with Gasteiger partial charge >= 0.3 is 0 Å². The van der Waals surface area contributed by atoms with Crippen LogP contribution in [0.5, 0.6) is 0 Å². The van der Waals surface area contributed by atoms with Gasteiger partial charge in [-0.1, -0.05) is 0 Å². The largest absolute Gasteiger partial charge is 0.394 e. The van der Waals surface area contributed by atoms with Crippen molar-refractivity contribution < 1.29 is 20.1 Å². The Morgan fingerprint density at radius 2 is 2.00 bits per heavy atom. The lowest BCUT2D eigenvalue weighted by Crippen LogP contribution is -2.60. The maximum Gasteiger partial charge on any atom is 0.121 e. The molecule has 0 bridgehead atoms. The minimum atomic E-state index is -1.11. The molecule has 1 heterocycles. The highest BCUT2D eigenvalue weighted by molar-refractivity contribution is 7.99. The van der Waals surface area contributed by atoms with Crippen molar-refractivity contribution >= 4 is 11.8 Å². The van der Waals surface area contributed by atoms with Crippen molar-refractivity contribution in [2.24, 2.45) is 5.73 Å². The third-order valence-electron chi connectivity index (χ3n) is 2.16. The molecule has 1 fully saturated rings. The zero-order valence-electron chi connectivity index (χ0n) is 7.33. The fourth-order valence-electron chi connectivity index (χ4n) is 1.32. The van der Waals surface area contributed by atoms with E-state index >= 15 is 0 Å². The number of rotatable bonds is 2. The van der Waals surface area contributed by atoms with Crippen LogP contribution in [0.3, 0.4) is 0 Å². The van der Waals surface area contributed by atoms with Gasteiger partial charge in [0.25, 0.3) is 0 Å². The summed E-state index contributed by atoms with van der Waals surface area (Å²) in [5.74, 6) is 0. The third-order valence-corrected chi connectivity index (χ3v) is 3.05. The maximum atomic E-state index is 9.47. The molecular formula is C7H15NO4S. The molecule has 0 saturated carbocycles. The number of nitrogens with two attached hydrogens (primary N) is 1. The monoisotopic (exact) mass is 209 g/mol. The molecule has 5 atom stereocenters. The molecule has 13 heavy (non-hydrogen) atoms. The third kappa shape index (κ3) is 2.15. The standard InChI is InChI=1S/C7H15NO4S/c1-13-7-4(8)6(11)5(10)3(2-9)12-7/h3-7,9-11H,2,8H2,1H3/t3-,4-,5-,6-,7+/m1/s1. The summed E-state index contributed by atoms with van der Waals surface area (Å²) in [6.45, 7) is -0.317. The highest BCUT2D eigenvalue weighted by Gasteiger charge is 2.41. The first-order valence-electron chi connectivity index (χ1n) is 4.02. The predicted octanol–water partition coefficient (Wildman–Crippen LogP) is -1.88. The van der Waals surface area contributed by atoms with Gasteiger partial charge in [-0.05, 0) is 6.26 Å². The van der Waals surface area contributed by atoms with Crippen LogP contribution in [0, 0.1) is 0 Å². The lowest BCUT2D eigenvalue weighted by molar-refractivity contribution is -0.165. The van der Waals surface area contributed by atoms with Gasteiger partial charge in [-0.15, -0.1) is 11.8 Å². The summed E-state index contributed by atoms with van der Waals surface area (Å²) < 4.78 is 5.26. The van der Waals surface area contributed by atoms with Gasteiger partial charge in [0.2, 0.25) is 0 Å². The molecule has 78 valence electrons. The lowest BCUT2D eigenvalue weighted by Gasteiger charge is -2.39. The number of hydrogen-bond donors (Lipinski definition) is 4. The zero-order chi connectivity index (χ0) is 10.0. The summed E-state index contributed by atoms with van der Waals surface area (Å²) in [5, 5.41) is 27.7. The predicted molar refractivity (Wildman–Crippen MR) is 49.3 cm³/mol. The van der Waals surface area contributed by atoms with E-state index in [2.05, 4.69) is 0 Å². The first-order chi connectivity index (χ1) is 6.11. The molecule has 0 aromatic carbocycles. The quantitative estimate of drug-likeness (QED) is 0.425. The Labute approximate surface area is 80.9 Å². The highest BCUT2D eigenvalue weighted by atomic mass is 32.2. The average Bonchev–Trinajstić information content (AvgIpc) is 2.15. The van der Waals surface area contributed by atoms with Gasteiger partial charge < -0.3 is 25.8 Å². The van der Waals surface area contributed by atoms with E-state index < -0.39 is 24.4 Å². The Kier molecular flexibility index (Phi) is 3.96. The molecule has 0 amide bonds. The number of aliphatic hydroxyl groups is 3. The van der Waals surface area contributed by atoms with Crippen LogP contribution in [0.25, 0.3) is 0 Å². The van der Waals surface area contributed by atoms with Crippen molar-refractivity contribution in [3.8, 4) is 0 Å². The van der Waals surface area contributed by atoms with Crippen molar-refractivity contribution in [3.05, 3.63) is 0 Å². The summed E-state index contributed by atoms with van der Waals surface area (Å²) >= 11 is 1.35. The Morgan fingerprint density at radius 1 is 1.38 bits per heavy atom. The van der Waals surface area contributed by atoms with E-state index in [-0.39, 0.29) is 12.0 Å². The van der Waals surface area contributed by atoms with E-state index in [1.165, 1.54) is 11.8 Å². The van der Waals surface area contributed by atoms with Gasteiger partial charge in [-0.2, -0.15) is 0 Å². The van der Waals surface area contributed by atoms with Gasteiger partial charge in [0.15, 0.2) is 0 Å². The first-order valence-corrected chi connectivity index (χ1v) is 5.31. The molecular weight excluding hydrogens is 194 g/mol. The van der Waals surface area contributed by atoms with Crippen molar-refractivity contribution in [2.75, 3.05) is 12.9 Å². The average molecular weight is 209 g/mol. The van der Waals surface area contributed by atoms with Crippen LogP contribution in [0.15, 0.2) is 0 Å². The second-order valence-electron chi connectivity index (χ2n) is 3.02. The molecule has 5 nitrogen and oxygen atoms in total. The van der Waals surface area contributed by atoms with Crippen molar-refractivity contribution in [2.45, 2.75) is 29.8 Å². The van der Waals surface area contributed by atoms with E-state index in [4.69, 9.17) is 15.6 Å². The number of hydrogen-bond acceptors (Lipinski definition) is 6. The van der Waals surface area contributed by atoms with E-state index in [1.807, 2.05) is 0 Å². The van der Waals surface area contributed by atoms with Gasteiger partial charge in [-0.25, -0.2) is 0 Å². The zero-order valence-corrected chi connectivity index (χ0v) is 8.15. The number of aliphatic hydroxyl groups excluding tert-OH is 3. The second kappa shape index (κ2) is 4.59. The van der Waals surface area contributed by atoms with Crippen LogP contribution in [0.2, 0.25) is 0 Å². The van der Waals surface area contributed by atoms with Gasteiger partial charge in [0, 0.05) is 0 Å². The first kappa shape index (κ1) is 11.2. The minimum Gasteiger partial charge on any atom is -0.394 e. The smallest absolute Gasteiger partial charge is 0.121 e. The van der Waals surface area contributed by atoms with Gasteiger partial charge in [0.05, 0.1) is 12.6 Å². The van der Waals surface area contributed by atoms with Crippen LogP contribution >= 0.6 is 11.8 Å². The molecule has 5 N–H and O–H groups in total. The van der Waals surface area contributed by atoms with E-state index in [1.54, 1.807) is 6.26 Å². The summed E-state index contributed by atoms with van der Waals surface area (Å²) in [5.41, 5.74) is 5.22. The van der Waals surface area contributed by atoms with Crippen molar-refractivity contribution in [1.29, 1.82) is 0 Å². The van der Waals surface area contributed by atoms with Crippen LogP contribution < -0.4 is 5.73 Å². The Bertz CT molecular complexity index is 151. The second-order valence-corrected chi connectivity index (χ2v) is 3.96. The van der Waals surface area contributed by atoms with E-state index in [9.17, 15) is 10.2 Å². The van der Waals surface area contributed by atoms with Gasteiger partial charge in [0.1, 0.15) is 23.7 Å². The van der Waals surface area contributed by atoms with Crippen LogP contribution in [-0.2, 0) is 4.74 Å². The minimum absolute atomic E-state index is 0.317. The van der Waals surface area contributed by atoms with Crippen molar-refractivity contribution in [3.63, 3.8) is 0 Å². The number of thioether (sulfide) groups is 1. The Balaban J connectivity index is 2.66. The molecule has 1 rings (SSSR count). The molecule has 0 aromatic rings. The Morgan fingerprint density at radius 3 is 2.46 bits per heavy atom. The fraction of sp³-hybridized carbons (Fsp3) is 1.00. The normalized spacial score (nSPS) is 46.4. The molecule has 0 radical (unpaired) electrons. The summed E-state index contributed by atoms with van der Waals surface area (Å²) in [7, 11) is 0. The summed E-state index contributed by atoms with van der Waals surface area (Å²) in [6, 6.07) is -0.618. The molecule has 1 aliphatic rings. The van der Waals surface area contributed by atoms with Crippen LogP contribution in [0.1, 0.15) is 0 Å². The molecule has 0 aliphatic carbocycles. The fourth-order valence-corrected chi connectivity index (χ4v) is 2.04. The lowest BCUT2D eigenvalue weighted by atomic mass is 9.99. The van der Waals surface area contributed by atoms with Gasteiger partial charge in [-0.3, -0.25) is 0 Å². The molecule has 1 aliphatic heterocycles. The summed E-state index contributed by atoms with van der Waals surface area (Å²) in [6.07, 6.45) is -1.09. The summed E-state index contributed by atoms with van der Waals surface area (Å²) in [4.78, 5) is 0. The van der Waals surface area contributed by atoms with Crippen LogP contribution in [-0.4, -0.2) is 58.0 Å². The molecule has 1 saturated heterocycles. The highest BCUT2D eigenvalue weighted by Crippen LogP contribution is 2.25. The SMILES string of the molecule is CS[C@@H]1O[C@H](CO)[C@@H](O)[C@H](O)[C@H]1N. The van der Waals surface area contributed by atoms with Crippen LogP contribution in [0.4, 0.5) is 0 Å². The van der Waals surface area contributed by atoms with E-state index in [0.717, 1.165) is 0 Å². The number of ether oxygens (including phenoxy) is 1. The topological polar surface area (TPSA) is 95.9 Å². The molecule has 0 unspecified atom stereocenters. The van der Waals surface area contributed by atoms with E-state index in [0.29, 0.717) is 0 Å².